The first-order valence-electron chi connectivity index (χ1n) is 10.4. The minimum Gasteiger partial charge on any atom is -0.302 e. The van der Waals surface area contributed by atoms with Crippen LogP contribution in [0.5, 0.6) is 0 Å². The molecule has 10 heteroatoms. The molecule has 35 heavy (non-hydrogen) atoms. The summed E-state index contributed by atoms with van der Waals surface area (Å²) in [6, 6.07) is 20.2. The SMILES string of the molecule is O=c1c2cc(Br)ccc2nc(CN/N=C/c2ccccc2Cl)n1-c1nc(-c2ccc(Cl)cc2)cs1. The zero-order chi connectivity index (χ0) is 24.4. The van der Waals surface area contributed by atoms with E-state index in [0.29, 0.717) is 31.9 Å². The van der Waals surface area contributed by atoms with Crippen LogP contribution in [0.4, 0.5) is 0 Å². The summed E-state index contributed by atoms with van der Waals surface area (Å²) in [6.45, 7) is 0.206. The van der Waals surface area contributed by atoms with Gasteiger partial charge >= 0.3 is 0 Å². The molecule has 5 rings (SSSR count). The summed E-state index contributed by atoms with van der Waals surface area (Å²) in [5.74, 6) is 0.484. The highest BCUT2D eigenvalue weighted by Gasteiger charge is 2.16. The lowest BCUT2D eigenvalue weighted by Crippen LogP contribution is -2.26. The monoisotopic (exact) mass is 583 g/mol. The molecule has 0 fully saturated rings. The van der Waals surface area contributed by atoms with E-state index in [1.165, 1.54) is 15.9 Å². The zero-order valence-electron chi connectivity index (χ0n) is 18.0. The van der Waals surface area contributed by atoms with Crippen LogP contribution in [0.15, 0.2) is 86.5 Å². The van der Waals surface area contributed by atoms with Crippen molar-refractivity contribution >= 4 is 67.6 Å². The predicted molar refractivity (Wildman–Crippen MR) is 147 cm³/mol. The van der Waals surface area contributed by atoms with E-state index in [0.717, 1.165) is 21.3 Å². The molecule has 1 N–H and O–H groups in total. The summed E-state index contributed by atoms with van der Waals surface area (Å²) >= 11 is 17.0. The van der Waals surface area contributed by atoms with Crippen LogP contribution in [0.25, 0.3) is 27.3 Å². The number of rotatable bonds is 6. The van der Waals surface area contributed by atoms with E-state index in [2.05, 4.69) is 26.5 Å². The first-order valence-corrected chi connectivity index (χ1v) is 12.9. The molecule has 0 saturated heterocycles. The van der Waals surface area contributed by atoms with Gasteiger partial charge in [0, 0.05) is 31.0 Å². The summed E-state index contributed by atoms with van der Waals surface area (Å²) < 4.78 is 2.32. The normalized spacial score (nSPS) is 11.4. The van der Waals surface area contributed by atoms with Gasteiger partial charge in [-0.1, -0.05) is 69.5 Å². The van der Waals surface area contributed by atoms with E-state index < -0.39 is 0 Å². The van der Waals surface area contributed by atoms with Crippen molar-refractivity contribution in [2.45, 2.75) is 6.54 Å². The number of fused-ring (bicyclic) bond motifs is 1. The molecular weight excluding hydrogens is 569 g/mol. The van der Waals surface area contributed by atoms with Gasteiger partial charge in [0.25, 0.3) is 5.56 Å². The Bertz CT molecular complexity index is 1620. The van der Waals surface area contributed by atoms with Crippen LogP contribution >= 0.6 is 50.5 Å². The first kappa shape index (κ1) is 23.7. The first-order chi connectivity index (χ1) is 17.0. The van der Waals surface area contributed by atoms with Crippen LogP contribution in [0.2, 0.25) is 10.0 Å². The molecule has 0 radical (unpaired) electrons. The van der Waals surface area contributed by atoms with Gasteiger partial charge in [-0.3, -0.25) is 4.79 Å². The van der Waals surface area contributed by atoms with Crippen molar-refractivity contribution in [3.63, 3.8) is 0 Å². The van der Waals surface area contributed by atoms with Crippen LogP contribution in [-0.2, 0) is 6.54 Å². The maximum atomic E-state index is 13.6. The Morgan fingerprint density at radius 1 is 1.06 bits per heavy atom. The van der Waals surface area contributed by atoms with E-state index in [1.807, 2.05) is 60.0 Å². The summed E-state index contributed by atoms with van der Waals surface area (Å²) in [4.78, 5) is 23.0. The van der Waals surface area contributed by atoms with Gasteiger partial charge < -0.3 is 5.43 Å². The largest absolute Gasteiger partial charge is 0.302 e. The van der Waals surface area contributed by atoms with Gasteiger partial charge in [-0.05, 0) is 36.4 Å². The molecular formula is C25H16BrCl2N5OS. The lowest BCUT2D eigenvalue weighted by molar-refractivity contribution is 0.678. The van der Waals surface area contributed by atoms with Crippen LogP contribution in [0.3, 0.4) is 0 Å². The average molecular weight is 585 g/mol. The summed E-state index contributed by atoms with van der Waals surface area (Å²) in [6.07, 6.45) is 1.63. The number of aromatic nitrogens is 3. The average Bonchev–Trinajstić information content (AvgIpc) is 3.33. The lowest BCUT2D eigenvalue weighted by Gasteiger charge is -2.11. The maximum absolute atomic E-state index is 13.6. The topological polar surface area (TPSA) is 72.2 Å². The van der Waals surface area contributed by atoms with Gasteiger partial charge in [0.2, 0.25) is 0 Å². The molecule has 0 unspecified atom stereocenters. The third kappa shape index (κ3) is 5.16. The minimum absolute atomic E-state index is 0.206. The molecule has 0 saturated carbocycles. The molecule has 0 amide bonds. The van der Waals surface area contributed by atoms with Gasteiger partial charge in [0.1, 0.15) is 5.82 Å². The highest BCUT2D eigenvalue weighted by Crippen LogP contribution is 2.26. The predicted octanol–water partition coefficient (Wildman–Crippen LogP) is 6.70. The molecule has 0 aliphatic carbocycles. The molecule has 2 aromatic heterocycles. The fraction of sp³-hybridized carbons (Fsp3) is 0.0400. The van der Waals surface area contributed by atoms with Crippen molar-refractivity contribution in [2.75, 3.05) is 0 Å². The highest BCUT2D eigenvalue weighted by atomic mass is 79.9. The van der Waals surface area contributed by atoms with Crippen LogP contribution in [0.1, 0.15) is 11.4 Å². The number of nitrogens with zero attached hydrogens (tertiary/aromatic N) is 4. The standard InChI is InChI=1S/C25H16BrCl2N5OS/c26-17-7-10-21-19(11-17)24(34)33(25-32-22(14-35-25)15-5-8-18(27)9-6-15)23(31-21)13-30-29-12-16-3-1-2-4-20(16)28/h1-12,14,30H,13H2/b29-12+. The van der Waals surface area contributed by atoms with Gasteiger partial charge in [-0.2, -0.15) is 5.10 Å². The van der Waals surface area contributed by atoms with E-state index in [-0.39, 0.29) is 12.1 Å². The second kappa shape index (κ2) is 10.3. The van der Waals surface area contributed by atoms with E-state index in [4.69, 9.17) is 33.2 Å². The Balaban J connectivity index is 1.53. The van der Waals surface area contributed by atoms with Gasteiger partial charge in [0.15, 0.2) is 5.13 Å². The maximum Gasteiger partial charge on any atom is 0.267 e. The Kier molecular flexibility index (Phi) is 6.97. The fourth-order valence-electron chi connectivity index (χ4n) is 3.45. The number of thiazole rings is 1. The second-order valence-electron chi connectivity index (χ2n) is 7.47. The molecule has 0 aliphatic heterocycles. The fourth-order valence-corrected chi connectivity index (χ4v) is 4.97. The Morgan fingerprint density at radius 2 is 1.86 bits per heavy atom. The molecule has 0 bridgehead atoms. The smallest absolute Gasteiger partial charge is 0.267 e. The number of hydrazone groups is 1. The minimum atomic E-state index is -0.208. The van der Waals surface area contributed by atoms with E-state index >= 15 is 0 Å². The summed E-state index contributed by atoms with van der Waals surface area (Å²) in [7, 11) is 0. The molecule has 0 spiro atoms. The van der Waals surface area contributed by atoms with Crippen LogP contribution in [-0.4, -0.2) is 20.7 Å². The third-order valence-electron chi connectivity index (χ3n) is 5.16. The second-order valence-corrected chi connectivity index (χ2v) is 10.1. The van der Waals surface area contributed by atoms with Crippen molar-refractivity contribution in [2.24, 2.45) is 5.10 Å². The highest BCUT2D eigenvalue weighted by molar-refractivity contribution is 9.10. The molecule has 0 aliphatic rings. The molecule has 0 atom stereocenters. The number of nitrogens with one attached hydrogen (secondary N) is 1. The third-order valence-corrected chi connectivity index (χ3v) is 7.08. The van der Waals surface area contributed by atoms with Crippen molar-refractivity contribution < 1.29 is 0 Å². The zero-order valence-corrected chi connectivity index (χ0v) is 21.9. The van der Waals surface area contributed by atoms with Gasteiger partial charge in [-0.15, -0.1) is 11.3 Å². The number of hydrogen-bond donors (Lipinski definition) is 1. The Hall–Kier alpha value is -3.04. The Labute approximate surface area is 223 Å². The van der Waals surface area contributed by atoms with Crippen molar-refractivity contribution in [1.29, 1.82) is 0 Å². The van der Waals surface area contributed by atoms with Crippen molar-refractivity contribution in [3.05, 3.63) is 108 Å². The number of halogens is 3. The quantitative estimate of drug-likeness (QED) is 0.178. The van der Waals surface area contributed by atoms with Crippen LogP contribution < -0.4 is 11.0 Å². The van der Waals surface area contributed by atoms with Gasteiger partial charge in [0.05, 0.1) is 29.4 Å². The summed E-state index contributed by atoms with van der Waals surface area (Å²) in [5.41, 5.74) is 5.80. The summed E-state index contributed by atoms with van der Waals surface area (Å²) in [5, 5.41) is 8.43. The molecule has 174 valence electrons. The molecule has 6 nitrogen and oxygen atoms in total. The number of benzene rings is 3. The van der Waals surface area contributed by atoms with Crippen molar-refractivity contribution in [3.8, 4) is 16.4 Å². The van der Waals surface area contributed by atoms with Crippen LogP contribution in [0, 0.1) is 0 Å². The van der Waals surface area contributed by atoms with E-state index in [1.54, 1.807) is 18.3 Å². The molecule has 3 aromatic carbocycles. The molecule has 2 heterocycles. The van der Waals surface area contributed by atoms with Gasteiger partial charge in [-0.25, -0.2) is 14.5 Å². The number of hydrogen-bond acceptors (Lipinski definition) is 6. The van der Waals surface area contributed by atoms with Crippen molar-refractivity contribution in [1.82, 2.24) is 20.0 Å². The molecule has 5 aromatic rings. The lowest BCUT2D eigenvalue weighted by atomic mass is 10.2. The van der Waals surface area contributed by atoms with E-state index in [9.17, 15) is 4.79 Å². The Morgan fingerprint density at radius 3 is 2.66 bits per heavy atom.